The van der Waals surface area contributed by atoms with Gasteiger partial charge in [0.1, 0.15) is 0 Å². The van der Waals surface area contributed by atoms with Crippen LogP contribution in [-0.2, 0) is 14.3 Å². The molecule has 0 bridgehead atoms. The molecule has 0 N–H and O–H groups in total. The van der Waals surface area contributed by atoms with Gasteiger partial charge in [-0.1, -0.05) is 12.1 Å². The standard InChI is InChI=1S/C9H11O3S/c1-8(2)12-13(10,11)9-6-4-3-5-7-9/h4-8H,1-2H3. The van der Waals surface area contributed by atoms with Crippen molar-refractivity contribution in [3.8, 4) is 0 Å². The summed E-state index contributed by atoms with van der Waals surface area (Å²) in [6.07, 6.45) is -0.339. The van der Waals surface area contributed by atoms with Crippen molar-refractivity contribution in [2.24, 2.45) is 0 Å². The summed E-state index contributed by atoms with van der Waals surface area (Å²) in [7, 11) is -3.58. The molecule has 0 aromatic heterocycles. The molecule has 0 heterocycles. The molecule has 3 nitrogen and oxygen atoms in total. The Morgan fingerprint density at radius 2 is 1.85 bits per heavy atom. The Morgan fingerprint density at radius 1 is 1.31 bits per heavy atom. The lowest BCUT2D eigenvalue weighted by molar-refractivity contribution is 0.249. The van der Waals surface area contributed by atoms with Crippen molar-refractivity contribution in [3.05, 3.63) is 30.3 Å². The Hall–Kier alpha value is -0.870. The molecule has 0 amide bonds. The highest BCUT2D eigenvalue weighted by atomic mass is 32.2. The van der Waals surface area contributed by atoms with Gasteiger partial charge in [-0.15, -0.1) is 0 Å². The summed E-state index contributed by atoms with van der Waals surface area (Å²) in [6, 6.07) is 8.73. The van der Waals surface area contributed by atoms with Crippen LogP contribution in [0.15, 0.2) is 29.2 Å². The quantitative estimate of drug-likeness (QED) is 0.694. The van der Waals surface area contributed by atoms with Gasteiger partial charge in [-0.2, -0.15) is 8.42 Å². The van der Waals surface area contributed by atoms with Crippen LogP contribution in [0.2, 0.25) is 0 Å². The fraction of sp³-hybridized carbons (Fsp3) is 0.333. The zero-order chi connectivity index (χ0) is 9.90. The largest absolute Gasteiger partial charge is 0.297 e. The molecule has 1 rings (SSSR count). The molecule has 0 saturated carbocycles. The predicted molar refractivity (Wildman–Crippen MR) is 48.7 cm³/mol. The average molecular weight is 199 g/mol. The summed E-state index contributed by atoms with van der Waals surface area (Å²) < 4.78 is 27.6. The topological polar surface area (TPSA) is 43.4 Å². The maximum Gasteiger partial charge on any atom is 0.297 e. The Balaban J connectivity index is 2.96. The van der Waals surface area contributed by atoms with Crippen LogP contribution < -0.4 is 0 Å². The van der Waals surface area contributed by atoms with Gasteiger partial charge in [-0.05, 0) is 32.0 Å². The van der Waals surface area contributed by atoms with Crippen LogP contribution in [0.3, 0.4) is 0 Å². The lowest BCUT2D eigenvalue weighted by atomic mass is 10.4. The van der Waals surface area contributed by atoms with Gasteiger partial charge in [-0.3, -0.25) is 4.18 Å². The lowest BCUT2D eigenvalue weighted by Gasteiger charge is -2.07. The van der Waals surface area contributed by atoms with Crippen LogP contribution in [0.4, 0.5) is 0 Å². The fourth-order valence-electron chi connectivity index (χ4n) is 0.847. The molecule has 1 aromatic rings. The summed E-state index contributed by atoms with van der Waals surface area (Å²) in [4.78, 5) is 0.167. The van der Waals surface area contributed by atoms with Gasteiger partial charge in [0.05, 0.1) is 11.0 Å². The second-order valence-corrected chi connectivity index (χ2v) is 4.41. The van der Waals surface area contributed by atoms with Crippen LogP contribution in [0, 0.1) is 6.07 Å². The van der Waals surface area contributed by atoms with Gasteiger partial charge in [0.25, 0.3) is 10.1 Å². The molecular weight excluding hydrogens is 188 g/mol. The first kappa shape index (κ1) is 10.2. The maximum atomic E-state index is 11.4. The number of hydrogen-bond acceptors (Lipinski definition) is 3. The molecule has 0 unspecified atom stereocenters. The van der Waals surface area contributed by atoms with E-state index < -0.39 is 10.1 Å². The summed E-state index contributed by atoms with van der Waals surface area (Å²) in [5, 5.41) is 0. The van der Waals surface area contributed by atoms with Crippen molar-refractivity contribution in [2.45, 2.75) is 24.8 Å². The van der Waals surface area contributed by atoms with Gasteiger partial charge in [-0.25, -0.2) is 0 Å². The molecule has 1 radical (unpaired) electrons. The van der Waals surface area contributed by atoms with Crippen LogP contribution in [-0.4, -0.2) is 14.5 Å². The first-order valence-electron chi connectivity index (χ1n) is 3.92. The monoisotopic (exact) mass is 199 g/mol. The molecule has 0 atom stereocenters. The Morgan fingerprint density at radius 3 is 2.31 bits per heavy atom. The smallest absolute Gasteiger partial charge is 0.264 e. The van der Waals surface area contributed by atoms with E-state index in [1.165, 1.54) is 24.3 Å². The second kappa shape index (κ2) is 3.89. The summed E-state index contributed by atoms with van der Waals surface area (Å²) in [5.41, 5.74) is 0. The van der Waals surface area contributed by atoms with Gasteiger partial charge in [0.2, 0.25) is 0 Å². The molecule has 4 heteroatoms. The van der Waals surface area contributed by atoms with Crippen molar-refractivity contribution >= 4 is 10.1 Å². The zero-order valence-corrected chi connectivity index (χ0v) is 8.34. The van der Waals surface area contributed by atoms with Crippen molar-refractivity contribution < 1.29 is 12.6 Å². The number of rotatable bonds is 3. The Kier molecular flexibility index (Phi) is 3.06. The highest BCUT2D eigenvalue weighted by molar-refractivity contribution is 7.86. The van der Waals surface area contributed by atoms with Gasteiger partial charge < -0.3 is 0 Å². The van der Waals surface area contributed by atoms with Crippen LogP contribution in [0.1, 0.15) is 13.8 Å². The maximum absolute atomic E-state index is 11.4. The normalized spacial score (nSPS) is 11.9. The summed E-state index contributed by atoms with van der Waals surface area (Å²) in [6.45, 7) is 3.35. The first-order valence-corrected chi connectivity index (χ1v) is 5.32. The molecular formula is C9H11O3S. The molecule has 0 fully saturated rings. The predicted octanol–water partition coefficient (Wildman–Crippen LogP) is 1.60. The van der Waals surface area contributed by atoms with Crippen molar-refractivity contribution in [1.82, 2.24) is 0 Å². The van der Waals surface area contributed by atoms with E-state index in [1.807, 2.05) is 0 Å². The molecule has 13 heavy (non-hydrogen) atoms. The average Bonchev–Trinajstić information content (AvgIpc) is 2.04. The third-order valence-electron chi connectivity index (χ3n) is 1.30. The van der Waals surface area contributed by atoms with Crippen LogP contribution in [0.25, 0.3) is 0 Å². The summed E-state index contributed by atoms with van der Waals surface area (Å²) in [5.74, 6) is 0. The number of hydrogen-bond donors (Lipinski definition) is 0. The van der Waals surface area contributed by atoms with E-state index in [9.17, 15) is 8.42 Å². The minimum Gasteiger partial charge on any atom is -0.264 e. The van der Waals surface area contributed by atoms with E-state index in [0.29, 0.717) is 0 Å². The first-order chi connectivity index (χ1) is 6.02. The Labute approximate surface area is 78.5 Å². The van der Waals surface area contributed by atoms with Crippen LogP contribution in [0.5, 0.6) is 0 Å². The molecule has 0 saturated heterocycles. The SMILES string of the molecule is CC(C)OS(=O)(=O)c1cc[c]cc1. The highest BCUT2D eigenvalue weighted by Crippen LogP contribution is 2.12. The molecule has 1 aromatic carbocycles. The molecule has 0 spiro atoms. The third kappa shape index (κ3) is 2.82. The molecule has 0 aliphatic rings. The molecule has 0 aliphatic heterocycles. The van der Waals surface area contributed by atoms with Crippen molar-refractivity contribution in [3.63, 3.8) is 0 Å². The minimum atomic E-state index is -3.58. The molecule has 71 valence electrons. The van der Waals surface area contributed by atoms with Crippen molar-refractivity contribution in [1.29, 1.82) is 0 Å². The highest BCUT2D eigenvalue weighted by Gasteiger charge is 2.15. The fourth-order valence-corrected chi connectivity index (χ4v) is 1.93. The van der Waals surface area contributed by atoms with Gasteiger partial charge in [0, 0.05) is 0 Å². The summed E-state index contributed by atoms with van der Waals surface area (Å²) >= 11 is 0. The van der Waals surface area contributed by atoms with E-state index in [2.05, 4.69) is 6.07 Å². The van der Waals surface area contributed by atoms with E-state index >= 15 is 0 Å². The number of benzene rings is 1. The zero-order valence-electron chi connectivity index (χ0n) is 7.52. The van der Waals surface area contributed by atoms with E-state index in [4.69, 9.17) is 4.18 Å². The van der Waals surface area contributed by atoms with Gasteiger partial charge >= 0.3 is 0 Å². The minimum absolute atomic E-state index is 0.167. The molecule has 0 aliphatic carbocycles. The van der Waals surface area contributed by atoms with Crippen molar-refractivity contribution in [2.75, 3.05) is 0 Å². The third-order valence-corrected chi connectivity index (χ3v) is 2.78. The van der Waals surface area contributed by atoms with E-state index in [-0.39, 0.29) is 11.0 Å². The van der Waals surface area contributed by atoms with Crippen LogP contribution >= 0.6 is 0 Å². The van der Waals surface area contributed by atoms with E-state index in [0.717, 1.165) is 0 Å². The second-order valence-electron chi connectivity index (χ2n) is 2.83. The Bertz CT molecular complexity index is 354. The van der Waals surface area contributed by atoms with Gasteiger partial charge in [0.15, 0.2) is 0 Å². The lowest BCUT2D eigenvalue weighted by Crippen LogP contribution is -2.12. The van der Waals surface area contributed by atoms with E-state index in [1.54, 1.807) is 13.8 Å².